The molecule has 0 bridgehead atoms. The Kier molecular flexibility index (Phi) is 10.2. The largest absolute Gasteiger partial charge is 0.488 e. The minimum atomic E-state index is -0.358. The topological polar surface area (TPSA) is 94.1 Å². The van der Waals surface area contributed by atoms with Crippen molar-refractivity contribution in [2.45, 2.75) is 64.5 Å². The van der Waals surface area contributed by atoms with Gasteiger partial charge in [0.05, 0.1) is 19.1 Å². The summed E-state index contributed by atoms with van der Waals surface area (Å²) in [6.45, 7) is 6.22. The number of anilines is 2. The number of aliphatic hydroxyl groups is 1. The van der Waals surface area contributed by atoms with E-state index in [9.17, 15) is 14.7 Å². The van der Waals surface area contributed by atoms with Gasteiger partial charge in [0, 0.05) is 42.5 Å². The van der Waals surface area contributed by atoms with Gasteiger partial charge in [-0.3, -0.25) is 4.79 Å². The van der Waals surface area contributed by atoms with Crippen molar-refractivity contribution < 1.29 is 19.4 Å². The van der Waals surface area contributed by atoms with Crippen LogP contribution in [0.5, 0.6) is 5.75 Å². The molecule has 212 valence electrons. The van der Waals surface area contributed by atoms with Crippen molar-refractivity contribution in [3.8, 4) is 5.75 Å². The molecule has 0 saturated heterocycles. The molecule has 0 aromatic heterocycles. The molecule has 1 heterocycles. The van der Waals surface area contributed by atoms with E-state index in [1.54, 1.807) is 4.90 Å². The fourth-order valence-electron chi connectivity index (χ4n) is 5.73. The third-order valence-electron chi connectivity index (χ3n) is 7.99. The second-order valence-electron chi connectivity index (χ2n) is 11.4. The van der Waals surface area contributed by atoms with E-state index < -0.39 is 0 Å². The number of likely N-dealkylation sites (N-methyl/N-ethyl adjacent to an activating group) is 1. The highest BCUT2D eigenvalue weighted by molar-refractivity contribution is 5.99. The molecule has 3 atom stereocenters. The van der Waals surface area contributed by atoms with Crippen LogP contribution in [0, 0.1) is 11.8 Å². The summed E-state index contributed by atoms with van der Waals surface area (Å²) in [7, 11) is 2.16. The number of aliphatic hydroxyl groups excluding tert-OH is 1. The molecule has 0 radical (unpaired) electrons. The Balaban J connectivity index is 1.53. The fraction of sp³-hybridized carbons (Fsp3) is 0.548. The molecule has 1 fully saturated rings. The first-order chi connectivity index (χ1) is 18.8. The molecule has 1 aliphatic heterocycles. The van der Waals surface area contributed by atoms with Crippen LogP contribution in [0.3, 0.4) is 0 Å². The van der Waals surface area contributed by atoms with E-state index in [1.165, 1.54) is 32.1 Å². The van der Waals surface area contributed by atoms with Crippen molar-refractivity contribution in [1.82, 2.24) is 9.80 Å². The van der Waals surface area contributed by atoms with Gasteiger partial charge in [-0.1, -0.05) is 44.4 Å². The maximum atomic E-state index is 13.4. The Morgan fingerprint density at radius 2 is 1.79 bits per heavy atom. The quantitative estimate of drug-likeness (QED) is 0.442. The fourth-order valence-corrected chi connectivity index (χ4v) is 5.73. The summed E-state index contributed by atoms with van der Waals surface area (Å²) in [5.74, 6) is 1.40. The van der Waals surface area contributed by atoms with Gasteiger partial charge in [-0.2, -0.15) is 0 Å². The van der Waals surface area contributed by atoms with Crippen LogP contribution < -0.4 is 15.4 Å². The lowest BCUT2D eigenvalue weighted by Gasteiger charge is -2.35. The molecule has 0 unspecified atom stereocenters. The van der Waals surface area contributed by atoms with Crippen molar-refractivity contribution >= 4 is 23.3 Å². The normalized spacial score (nSPS) is 21.3. The zero-order valence-electron chi connectivity index (χ0n) is 23.6. The third-order valence-corrected chi connectivity index (χ3v) is 7.99. The standard InChI is InChI=1S/C31H44N4O4/c1-22-18-35(23(2)21-36)30(37)17-25-16-27(33-31(38)32-26-12-8-5-9-13-26)14-15-28(25)39-29(22)20-34(3)19-24-10-6-4-7-11-24/h5,8-9,12-16,22-24,29,36H,4,6-7,10-11,17-21H2,1-3H3,(H2,32,33,38)/t22-,23+,29+/m0/s1. The summed E-state index contributed by atoms with van der Waals surface area (Å²) in [5, 5.41) is 15.6. The van der Waals surface area contributed by atoms with Gasteiger partial charge in [-0.25, -0.2) is 4.79 Å². The Labute approximate surface area is 232 Å². The summed E-state index contributed by atoms with van der Waals surface area (Å²) in [5.41, 5.74) is 2.00. The number of para-hydroxylation sites is 1. The van der Waals surface area contributed by atoms with Crippen LogP contribution in [0.25, 0.3) is 0 Å². The number of benzene rings is 2. The average molecular weight is 537 g/mol. The van der Waals surface area contributed by atoms with E-state index in [0.29, 0.717) is 23.7 Å². The second kappa shape index (κ2) is 13.8. The molecular weight excluding hydrogens is 492 g/mol. The van der Waals surface area contributed by atoms with Gasteiger partial charge < -0.3 is 30.3 Å². The van der Waals surface area contributed by atoms with Crippen molar-refractivity contribution in [2.24, 2.45) is 11.8 Å². The molecular formula is C31H44N4O4. The van der Waals surface area contributed by atoms with Gasteiger partial charge >= 0.3 is 6.03 Å². The SMILES string of the molecule is C[C@H](CO)N1C[C@H](C)[C@@H](CN(C)CC2CCCCC2)Oc2ccc(NC(=O)Nc3ccccc3)cc2CC1=O. The minimum Gasteiger partial charge on any atom is -0.488 e. The number of carbonyl (C=O) groups excluding carboxylic acids is 2. The van der Waals surface area contributed by atoms with Crippen LogP contribution in [0.2, 0.25) is 0 Å². The molecule has 3 N–H and O–H groups in total. The first kappa shape index (κ1) is 28.9. The molecule has 2 aliphatic rings. The number of hydrogen-bond acceptors (Lipinski definition) is 5. The van der Waals surface area contributed by atoms with Gasteiger partial charge in [0.15, 0.2) is 0 Å². The maximum absolute atomic E-state index is 13.4. The molecule has 4 rings (SSSR count). The van der Waals surface area contributed by atoms with E-state index >= 15 is 0 Å². The molecule has 2 aromatic rings. The number of fused-ring (bicyclic) bond motifs is 1. The predicted molar refractivity (Wildman–Crippen MR) is 155 cm³/mol. The van der Waals surface area contributed by atoms with Crippen LogP contribution in [0.1, 0.15) is 51.5 Å². The number of ether oxygens (including phenoxy) is 1. The second-order valence-corrected chi connectivity index (χ2v) is 11.4. The lowest BCUT2D eigenvalue weighted by molar-refractivity contribution is -0.134. The minimum absolute atomic E-state index is 0.0599. The molecule has 2 aromatic carbocycles. The Morgan fingerprint density at radius 3 is 2.51 bits per heavy atom. The van der Waals surface area contributed by atoms with Crippen LogP contribution in [0.15, 0.2) is 48.5 Å². The van der Waals surface area contributed by atoms with E-state index in [1.807, 2.05) is 55.5 Å². The van der Waals surface area contributed by atoms with Gasteiger partial charge in [0.1, 0.15) is 11.9 Å². The van der Waals surface area contributed by atoms with E-state index in [2.05, 4.69) is 29.5 Å². The highest BCUT2D eigenvalue weighted by atomic mass is 16.5. The van der Waals surface area contributed by atoms with Crippen LogP contribution in [-0.4, -0.2) is 72.3 Å². The number of amides is 3. The Hall–Kier alpha value is -3.10. The van der Waals surface area contributed by atoms with Crippen molar-refractivity contribution in [3.63, 3.8) is 0 Å². The highest BCUT2D eigenvalue weighted by Gasteiger charge is 2.31. The van der Waals surface area contributed by atoms with Crippen molar-refractivity contribution in [2.75, 3.05) is 43.9 Å². The van der Waals surface area contributed by atoms with E-state index in [4.69, 9.17) is 4.74 Å². The summed E-state index contributed by atoms with van der Waals surface area (Å²) in [4.78, 5) is 30.2. The molecule has 8 heteroatoms. The Bertz CT molecular complexity index is 1090. The maximum Gasteiger partial charge on any atom is 0.323 e. The molecule has 8 nitrogen and oxygen atoms in total. The summed E-state index contributed by atoms with van der Waals surface area (Å²) >= 11 is 0. The van der Waals surface area contributed by atoms with Gasteiger partial charge in [-0.05, 0) is 63.1 Å². The lowest BCUT2D eigenvalue weighted by Crippen LogP contribution is -2.48. The van der Waals surface area contributed by atoms with Gasteiger partial charge in [0.25, 0.3) is 0 Å². The number of hydrogen-bond donors (Lipinski definition) is 3. The number of rotatable bonds is 8. The number of nitrogens with one attached hydrogen (secondary N) is 2. The van der Waals surface area contributed by atoms with E-state index in [0.717, 1.165) is 24.6 Å². The zero-order chi connectivity index (χ0) is 27.8. The first-order valence-electron chi connectivity index (χ1n) is 14.3. The molecule has 0 spiro atoms. The molecule has 3 amide bonds. The summed E-state index contributed by atoms with van der Waals surface area (Å²) in [6, 6.07) is 14.1. The average Bonchev–Trinajstić information content (AvgIpc) is 2.97. The van der Waals surface area contributed by atoms with Gasteiger partial charge in [-0.15, -0.1) is 0 Å². The summed E-state index contributed by atoms with van der Waals surface area (Å²) in [6.07, 6.45) is 6.56. The third kappa shape index (κ3) is 8.19. The van der Waals surface area contributed by atoms with Crippen LogP contribution in [-0.2, 0) is 11.2 Å². The van der Waals surface area contributed by atoms with E-state index in [-0.39, 0.29) is 43.0 Å². The first-order valence-corrected chi connectivity index (χ1v) is 14.3. The van der Waals surface area contributed by atoms with Crippen molar-refractivity contribution in [1.29, 1.82) is 0 Å². The van der Waals surface area contributed by atoms with Crippen LogP contribution in [0.4, 0.5) is 16.2 Å². The Morgan fingerprint density at radius 1 is 1.08 bits per heavy atom. The van der Waals surface area contributed by atoms with Gasteiger partial charge in [0.2, 0.25) is 5.91 Å². The molecule has 1 aliphatic carbocycles. The molecule has 1 saturated carbocycles. The highest BCUT2D eigenvalue weighted by Crippen LogP contribution is 2.30. The zero-order valence-corrected chi connectivity index (χ0v) is 23.6. The monoisotopic (exact) mass is 536 g/mol. The number of nitrogens with zero attached hydrogens (tertiary/aromatic N) is 2. The number of carbonyl (C=O) groups is 2. The smallest absolute Gasteiger partial charge is 0.323 e. The summed E-state index contributed by atoms with van der Waals surface area (Å²) < 4.78 is 6.64. The molecule has 39 heavy (non-hydrogen) atoms. The van der Waals surface area contributed by atoms with Crippen molar-refractivity contribution in [3.05, 3.63) is 54.1 Å². The van der Waals surface area contributed by atoms with Crippen LogP contribution >= 0.6 is 0 Å². The predicted octanol–water partition coefficient (Wildman–Crippen LogP) is 4.99. The number of urea groups is 1. The lowest BCUT2D eigenvalue weighted by atomic mass is 9.89.